The fraction of sp³-hybridized carbons (Fsp3) is 0.444. The van der Waals surface area contributed by atoms with Crippen molar-refractivity contribution in [3.63, 3.8) is 0 Å². The number of unbranched alkanes of at least 4 members (excludes halogenated alkanes) is 1. The first kappa shape index (κ1) is 30.3. The highest BCUT2D eigenvalue weighted by Crippen LogP contribution is 2.35. The van der Waals surface area contributed by atoms with Crippen LogP contribution in [0, 0.1) is 5.82 Å². The zero-order valence-corrected chi connectivity index (χ0v) is 23.5. The zero-order chi connectivity index (χ0) is 28.6. The SMILES string of the molecule is CC(C)(C)OC(=O)CN1CC(C(=O)NCCCCNC(=O)COc2ccc(Cl)c(F)c2)Oc2ccc(Cl)cc21. The predicted octanol–water partition coefficient (Wildman–Crippen LogP) is 4.13. The normalized spacial score (nSPS) is 14.6. The van der Waals surface area contributed by atoms with Gasteiger partial charge in [0, 0.05) is 24.2 Å². The van der Waals surface area contributed by atoms with Crippen LogP contribution >= 0.6 is 23.2 Å². The Morgan fingerprint density at radius 1 is 1.08 bits per heavy atom. The number of anilines is 1. The van der Waals surface area contributed by atoms with Gasteiger partial charge in [0.05, 0.1) is 17.3 Å². The molecule has 0 saturated carbocycles. The fourth-order valence-electron chi connectivity index (χ4n) is 3.71. The van der Waals surface area contributed by atoms with Crippen molar-refractivity contribution in [2.45, 2.75) is 45.3 Å². The van der Waals surface area contributed by atoms with Crippen molar-refractivity contribution < 1.29 is 33.0 Å². The average molecular weight is 584 g/mol. The Morgan fingerprint density at radius 3 is 2.49 bits per heavy atom. The smallest absolute Gasteiger partial charge is 0.326 e. The number of fused-ring (bicyclic) bond motifs is 1. The van der Waals surface area contributed by atoms with Crippen LogP contribution in [-0.4, -0.2) is 62.3 Å². The molecule has 2 aromatic carbocycles. The molecule has 1 aliphatic rings. The molecule has 0 aromatic heterocycles. The van der Waals surface area contributed by atoms with E-state index in [1.165, 1.54) is 12.1 Å². The van der Waals surface area contributed by atoms with Gasteiger partial charge >= 0.3 is 5.97 Å². The number of nitrogens with one attached hydrogen (secondary N) is 2. The molecule has 12 heteroatoms. The van der Waals surface area contributed by atoms with E-state index in [-0.39, 0.29) is 42.3 Å². The Morgan fingerprint density at radius 2 is 1.79 bits per heavy atom. The highest BCUT2D eigenvalue weighted by Gasteiger charge is 2.32. The minimum Gasteiger partial charge on any atom is -0.484 e. The quantitative estimate of drug-likeness (QED) is 0.302. The molecule has 1 atom stereocenters. The molecule has 1 heterocycles. The van der Waals surface area contributed by atoms with Crippen molar-refractivity contribution in [3.8, 4) is 11.5 Å². The van der Waals surface area contributed by atoms with Crippen molar-refractivity contribution >= 4 is 46.7 Å². The van der Waals surface area contributed by atoms with E-state index in [0.717, 1.165) is 6.07 Å². The minimum absolute atomic E-state index is 0.0261. The van der Waals surface area contributed by atoms with Gasteiger partial charge in [0.1, 0.15) is 29.5 Å². The summed E-state index contributed by atoms with van der Waals surface area (Å²) >= 11 is 11.8. The molecule has 3 rings (SSSR count). The van der Waals surface area contributed by atoms with Gasteiger partial charge < -0.3 is 29.7 Å². The number of carbonyl (C=O) groups excluding carboxylic acids is 3. The van der Waals surface area contributed by atoms with Gasteiger partial charge in [0.2, 0.25) is 0 Å². The number of carbonyl (C=O) groups is 3. The maximum Gasteiger partial charge on any atom is 0.326 e. The summed E-state index contributed by atoms with van der Waals surface area (Å²) < 4.78 is 30.0. The van der Waals surface area contributed by atoms with E-state index in [9.17, 15) is 18.8 Å². The summed E-state index contributed by atoms with van der Waals surface area (Å²) in [5.74, 6) is -1.08. The summed E-state index contributed by atoms with van der Waals surface area (Å²) in [6, 6.07) is 8.93. The molecule has 0 saturated heterocycles. The molecule has 1 unspecified atom stereocenters. The van der Waals surface area contributed by atoms with Crippen molar-refractivity contribution in [2.75, 3.05) is 37.7 Å². The molecule has 0 aliphatic carbocycles. The van der Waals surface area contributed by atoms with Crippen LogP contribution < -0.4 is 25.0 Å². The van der Waals surface area contributed by atoms with Gasteiger partial charge in [-0.3, -0.25) is 14.4 Å². The summed E-state index contributed by atoms with van der Waals surface area (Å²) in [5.41, 5.74) is -0.0294. The number of rotatable bonds is 11. The van der Waals surface area contributed by atoms with Crippen molar-refractivity contribution in [1.82, 2.24) is 10.6 Å². The second-order valence-corrected chi connectivity index (χ2v) is 10.7. The number of hydrogen-bond donors (Lipinski definition) is 2. The number of amides is 2. The molecule has 2 N–H and O–H groups in total. The largest absolute Gasteiger partial charge is 0.484 e. The molecule has 9 nitrogen and oxygen atoms in total. The zero-order valence-electron chi connectivity index (χ0n) is 22.0. The molecule has 0 fully saturated rings. The van der Waals surface area contributed by atoms with Gasteiger partial charge in [-0.05, 0) is 63.9 Å². The molecule has 2 amide bonds. The van der Waals surface area contributed by atoms with E-state index in [1.807, 2.05) is 0 Å². The predicted molar refractivity (Wildman–Crippen MR) is 146 cm³/mol. The number of hydrogen-bond acceptors (Lipinski definition) is 7. The summed E-state index contributed by atoms with van der Waals surface area (Å²) in [7, 11) is 0. The molecule has 1 aliphatic heterocycles. The third kappa shape index (κ3) is 9.78. The van der Waals surface area contributed by atoms with Crippen LogP contribution in [0.2, 0.25) is 10.0 Å². The highest BCUT2D eigenvalue weighted by atomic mass is 35.5. The Balaban J connectivity index is 1.40. The van der Waals surface area contributed by atoms with Gasteiger partial charge in [0.15, 0.2) is 12.7 Å². The highest BCUT2D eigenvalue weighted by molar-refractivity contribution is 6.31. The lowest BCUT2D eigenvalue weighted by Crippen LogP contribution is -2.50. The molecule has 212 valence electrons. The van der Waals surface area contributed by atoms with Gasteiger partial charge in [0.25, 0.3) is 11.8 Å². The topological polar surface area (TPSA) is 106 Å². The summed E-state index contributed by atoms with van der Waals surface area (Å²) in [6.07, 6.45) is 0.380. The van der Waals surface area contributed by atoms with Crippen molar-refractivity contribution in [1.29, 1.82) is 0 Å². The maximum absolute atomic E-state index is 13.4. The van der Waals surface area contributed by atoms with E-state index in [0.29, 0.717) is 42.4 Å². The molecule has 0 bridgehead atoms. The lowest BCUT2D eigenvalue weighted by Gasteiger charge is -2.35. The van der Waals surface area contributed by atoms with Crippen LogP contribution in [0.5, 0.6) is 11.5 Å². The summed E-state index contributed by atoms with van der Waals surface area (Å²) in [4.78, 5) is 38.9. The standard InChI is InChI=1S/C27H32Cl2FN3O6/c1-27(2,3)39-25(35)15-33-14-23(38-22-9-6-17(28)12-21(22)33)26(36)32-11-5-4-10-31-24(34)16-37-18-7-8-19(29)20(30)13-18/h6-9,12-13,23H,4-5,10-11,14-16H2,1-3H3,(H,31,34)(H,32,36). The van der Waals surface area contributed by atoms with E-state index in [2.05, 4.69) is 10.6 Å². The van der Waals surface area contributed by atoms with Crippen LogP contribution in [0.3, 0.4) is 0 Å². The Labute approximate surface area is 236 Å². The molecule has 39 heavy (non-hydrogen) atoms. The molecule has 0 radical (unpaired) electrons. The Kier molecular flexibility index (Phi) is 10.7. The van der Waals surface area contributed by atoms with Gasteiger partial charge in [-0.2, -0.15) is 0 Å². The van der Waals surface area contributed by atoms with Gasteiger partial charge in [-0.25, -0.2) is 4.39 Å². The summed E-state index contributed by atoms with van der Waals surface area (Å²) in [5, 5.41) is 5.99. The third-order valence-corrected chi connectivity index (χ3v) is 5.98. The number of nitrogens with zero attached hydrogens (tertiary/aromatic N) is 1. The van der Waals surface area contributed by atoms with Crippen LogP contribution in [-0.2, 0) is 19.1 Å². The first-order valence-corrected chi connectivity index (χ1v) is 13.2. The Bertz CT molecular complexity index is 1190. The van der Waals surface area contributed by atoms with E-state index in [1.54, 1.807) is 43.9 Å². The van der Waals surface area contributed by atoms with Gasteiger partial charge in [-0.15, -0.1) is 0 Å². The number of benzene rings is 2. The fourth-order valence-corrected chi connectivity index (χ4v) is 4.00. The van der Waals surface area contributed by atoms with Crippen LogP contribution in [0.15, 0.2) is 36.4 Å². The second-order valence-electron chi connectivity index (χ2n) is 9.90. The van der Waals surface area contributed by atoms with Crippen LogP contribution in [0.1, 0.15) is 33.6 Å². The van der Waals surface area contributed by atoms with Gasteiger partial charge in [-0.1, -0.05) is 23.2 Å². The lowest BCUT2D eigenvalue weighted by molar-refractivity contribution is -0.153. The molecule has 0 spiro atoms. The first-order valence-electron chi connectivity index (χ1n) is 12.5. The monoisotopic (exact) mass is 583 g/mol. The Hall–Kier alpha value is -3.24. The van der Waals surface area contributed by atoms with Crippen LogP contribution in [0.25, 0.3) is 0 Å². The lowest BCUT2D eigenvalue weighted by atomic mass is 10.1. The third-order valence-electron chi connectivity index (χ3n) is 5.44. The van der Waals surface area contributed by atoms with Crippen LogP contribution in [0.4, 0.5) is 10.1 Å². The average Bonchev–Trinajstić information content (AvgIpc) is 2.85. The van der Waals surface area contributed by atoms with E-state index in [4.69, 9.17) is 37.4 Å². The number of esters is 1. The molecular weight excluding hydrogens is 552 g/mol. The summed E-state index contributed by atoms with van der Waals surface area (Å²) in [6.45, 7) is 5.93. The minimum atomic E-state index is -0.837. The van der Waals surface area contributed by atoms with Crippen molar-refractivity contribution in [3.05, 3.63) is 52.3 Å². The first-order chi connectivity index (χ1) is 18.4. The molecular formula is C27H32Cl2FN3O6. The van der Waals surface area contributed by atoms with E-state index >= 15 is 0 Å². The number of halogens is 3. The maximum atomic E-state index is 13.4. The molecule has 2 aromatic rings. The van der Waals surface area contributed by atoms with Crippen molar-refractivity contribution in [2.24, 2.45) is 0 Å². The number of ether oxygens (including phenoxy) is 3. The van der Waals surface area contributed by atoms with E-state index < -0.39 is 23.5 Å². The second kappa shape index (κ2) is 13.7.